The highest BCUT2D eigenvalue weighted by Gasteiger charge is 2.24. The van der Waals surface area contributed by atoms with Crippen molar-refractivity contribution in [3.8, 4) is 0 Å². The molecule has 0 aromatic carbocycles. The van der Waals surface area contributed by atoms with Gasteiger partial charge >= 0.3 is 6.09 Å². The van der Waals surface area contributed by atoms with Crippen LogP contribution in [-0.4, -0.2) is 106 Å². The number of likely N-dealkylation sites (tertiary alicyclic amines) is 1. The Morgan fingerprint density at radius 3 is 2.44 bits per heavy atom. The Morgan fingerprint density at radius 1 is 1.19 bits per heavy atom. The summed E-state index contributed by atoms with van der Waals surface area (Å²) < 4.78 is 5.08. The molecule has 2 rings (SSSR count). The van der Waals surface area contributed by atoms with Gasteiger partial charge in [-0.1, -0.05) is 6.92 Å². The van der Waals surface area contributed by atoms with E-state index >= 15 is 0 Å². The van der Waals surface area contributed by atoms with E-state index in [0.29, 0.717) is 18.6 Å². The largest absolute Gasteiger partial charge is 0.450 e. The highest BCUT2D eigenvalue weighted by molar-refractivity contribution is 5.80. The van der Waals surface area contributed by atoms with Gasteiger partial charge in [-0.05, 0) is 32.7 Å². The molecule has 8 nitrogen and oxygen atoms in total. The number of piperidine rings is 1. The van der Waals surface area contributed by atoms with E-state index < -0.39 is 0 Å². The van der Waals surface area contributed by atoms with Crippen LogP contribution in [0.1, 0.15) is 26.7 Å². The van der Waals surface area contributed by atoms with Crippen molar-refractivity contribution in [2.75, 3.05) is 73.1 Å². The normalized spacial score (nSPS) is 21.8. The van der Waals surface area contributed by atoms with Crippen LogP contribution in [0.4, 0.5) is 4.79 Å². The monoisotopic (exact) mass is 382 g/mol. The van der Waals surface area contributed by atoms with Gasteiger partial charge in [0.05, 0.1) is 6.61 Å². The van der Waals surface area contributed by atoms with Crippen LogP contribution in [0.3, 0.4) is 0 Å². The molecule has 8 heteroatoms. The Morgan fingerprint density at radius 2 is 1.85 bits per heavy atom. The second kappa shape index (κ2) is 11.3. The van der Waals surface area contributed by atoms with Crippen molar-refractivity contribution in [1.82, 2.24) is 25.3 Å². The van der Waals surface area contributed by atoms with Crippen molar-refractivity contribution < 1.29 is 9.53 Å². The number of nitrogens with zero attached hydrogens (tertiary/aromatic N) is 4. The van der Waals surface area contributed by atoms with Gasteiger partial charge < -0.3 is 30.1 Å². The predicted molar refractivity (Wildman–Crippen MR) is 109 cm³/mol. The van der Waals surface area contributed by atoms with Crippen molar-refractivity contribution >= 4 is 12.1 Å². The number of hydrogen-bond acceptors (Lipinski definition) is 5. The smallest absolute Gasteiger partial charge is 0.409 e. The molecule has 2 heterocycles. The lowest BCUT2D eigenvalue weighted by molar-refractivity contribution is 0.0963. The first-order valence-electron chi connectivity index (χ1n) is 10.3. The van der Waals surface area contributed by atoms with E-state index in [1.165, 1.54) is 0 Å². The molecule has 1 atom stereocenters. The number of rotatable bonds is 6. The Labute approximate surface area is 164 Å². The summed E-state index contributed by atoms with van der Waals surface area (Å²) in [5.74, 6) is 1.42. The van der Waals surface area contributed by atoms with Crippen LogP contribution in [0.2, 0.25) is 0 Å². The molecular formula is C19H38N6O2. The molecule has 0 bridgehead atoms. The SMILES string of the molecule is CCOC(=O)N1CCC(NC(=NC)NCC(C)CN2CCN(C)CC2)CC1. The molecule has 1 amide bonds. The van der Waals surface area contributed by atoms with Crippen LogP contribution in [0.15, 0.2) is 4.99 Å². The zero-order valence-corrected chi connectivity index (χ0v) is 17.5. The molecule has 2 N–H and O–H groups in total. The predicted octanol–water partition coefficient (Wildman–Crippen LogP) is 0.656. The molecule has 0 saturated carbocycles. The third-order valence-corrected chi connectivity index (χ3v) is 5.37. The molecule has 0 radical (unpaired) electrons. The lowest BCUT2D eigenvalue weighted by Crippen LogP contribution is -2.51. The maximum atomic E-state index is 11.8. The summed E-state index contributed by atoms with van der Waals surface area (Å²) in [5, 5.41) is 6.97. The topological polar surface area (TPSA) is 72.4 Å². The van der Waals surface area contributed by atoms with Crippen molar-refractivity contribution in [3.63, 3.8) is 0 Å². The van der Waals surface area contributed by atoms with E-state index in [-0.39, 0.29) is 6.09 Å². The van der Waals surface area contributed by atoms with Gasteiger partial charge in [0, 0.05) is 65.4 Å². The summed E-state index contributed by atoms with van der Waals surface area (Å²) in [6, 6.07) is 0.342. The van der Waals surface area contributed by atoms with Gasteiger partial charge in [-0.3, -0.25) is 4.99 Å². The molecule has 2 fully saturated rings. The maximum Gasteiger partial charge on any atom is 0.409 e. The number of guanidine groups is 1. The third-order valence-electron chi connectivity index (χ3n) is 5.37. The minimum Gasteiger partial charge on any atom is -0.450 e. The maximum absolute atomic E-state index is 11.8. The average Bonchev–Trinajstić information content (AvgIpc) is 2.67. The fourth-order valence-corrected chi connectivity index (χ4v) is 3.62. The Bertz CT molecular complexity index is 471. The second-order valence-electron chi connectivity index (χ2n) is 7.77. The molecule has 0 aromatic rings. The van der Waals surface area contributed by atoms with Crippen molar-refractivity contribution in [3.05, 3.63) is 0 Å². The molecule has 0 aliphatic carbocycles. The van der Waals surface area contributed by atoms with E-state index in [2.05, 4.69) is 39.4 Å². The van der Waals surface area contributed by atoms with E-state index in [1.54, 1.807) is 4.90 Å². The number of hydrogen-bond donors (Lipinski definition) is 2. The quantitative estimate of drug-likeness (QED) is 0.519. The van der Waals surface area contributed by atoms with Crippen LogP contribution in [-0.2, 0) is 4.74 Å². The molecule has 1 unspecified atom stereocenters. The number of ether oxygens (including phenoxy) is 1. The number of carbonyl (C=O) groups is 1. The van der Waals surface area contributed by atoms with E-state index in [9.17, 15) is 4.79 Å². The zero-order chi connectivity index (χ0) is 19.6. The molecule has 0 aromatic heterocycles. The summed E-state index contributed by atoms with van der Waals surface area (Å²) in [6.45, 7) is 12.7. The van der Waals surface area contributed by atoms with Crippen LogP contribution in [0.5, 0.6) is 0 Å². The number of amides is 1. The van der Waals surface area contributed by atoms with Gasteiger partial charge in [-0.2, -0.15) is 0 Å². The molecule has 2 aliphatic heterocycles. The van der Waals surface area contributed by atoms with Gasteiger partial charge in [-0.25, -0.2) is 4.79 Å². The summed E-state index contributed by atoms with van der Waals surface area (Å²) in [4.78, 5) is 22.9. The first kappa shape index (κ1) is 21.8. The van der Waals surface area contributed by atoms with Crippen LogP contribution in [0.25, 0.3) is 0 Å². The van der Waals surface area contributed by atoms with Crippen LogP contribution >= 0.6 is 0 Å². The average molecular weight is 383 g/mol. The van der Waals surface area contributed by atoms with E-state index in [4.69, 9.17) is 4.74 Å². The number of nitrogens with one attached hydrogen (secondary N) is 2. The lowest BCUT2D eigenvalue weighted by Gasteiger charge is -2.34. The minimum absolute atomic E-state index is 0.198. The van der Waals surface area contributed by atoms with Crippen LogP contribution < -0.4 is 10.6 Å². The second-order valence-corrected chi connectivity index (χ2v) is 7.77. The molecule has 2 aliphatic rings. The molecule has 27 heavy (non-hydrogen) atoms. The Balaban J connectivity index is 1.65. The fourth-order valence-electron chi connectivity index (χ4n) is 3.62. The number of carbonyl (C=O) groups excluding carboxylic acids is 1. The zero-order valence-electron chi connectivity index (χ0n) is 17.5. The van der Waals surface area contributed by atoms with Crippen molar-refractivity contribution in [1.29, 1.82) is 0 Å². The van der Waals surface area contributed by atoms with Crippen LogP contribution in [0, 0.1) is 5.92 Å². The van der Waals surface area contributed by atoms with Gasteiger partial charge in [-0.15, -0.1) is 0 Å². The molecule has 2 saturated heterocycles. The Hall–Kier alpha value is -1.54. The third kappa shape index (κ3) is 7.54. The number of likely N-dealkylation sites (N-methyl/N-ethyl adjacent to an activating group) is 1. The van der Waals surface area contributed by atoms with Gasteiger partial charge in [0.25, 0.3) is 0 Å². The number of piperazine rings is 1. The van der Waals surface area contributed by atoms with Gasteiger partial charge in [0.1, 0.15) is 0 Å². The first-order chi connectivity index (χ1) is 13.0. The summed E-state index contributed by atoms with van der Waals surface area (Å²) in [6.07, 6.45) is 1.63. The standard InChI is InChI=1S/C19H38N6O2/c1-5-27-19(26)25-8-6-17(7-9-25)22-18(20-3)21-14-16(2)15-24-12-10-23(4)11-13-24/h16-17H,5-15H2,1-4H3,(H2,20,21,22). The summed E-state index contributed by atoms with van der Waals surface area (Å²) >= 11 is 0. The molecule has 0 spiro atoms. The molecular weight excluding hydrogens is 344 g/mol. The highest BCUT2D eigenvalue weighted by atomic mass is 16.6. The summed E-state index contributed by atoms with van der Waals surface area (Å²) in [7, 11) is 4.00. The number of aliphatic imine (C=N–C) groups is 1. The lowest BCUT2D eigenvalue weighted by atomic mass is 10.1. The molecule has 156 valence electrons. The fraction of sp³-hybridized carbons (Fsp3) is 0.895. The van der Waals surface area contributed by atoms with Gasteiger partial charge in [0.2, 0.25) is 0 Å². The van der Waals surface area contributed by atoms with E-state index in [1.807, 2.05) is 14.0 Å². The van der Waals surface area contributed by atoms with Gasteiger partial charge in [0.15, 0.2) is 5.96 Å². The van der Waals surface area contributed by atoms with Crippen molar-refractivity contribution in [2.45, 2.75) is 32.7 Å². The summed E-state index contributed by atoms with van der Waals surface area (Å²) in [5.41, 5.74) is 0. The first-order valence-corrected chi connectivity index (χ1v) is 10.3. The van der Waals surface area contributed by atoms with Crippen molar-refractivity contribution in [2.24, 2.45) is 10.9 Å². The highest BCUT2D eigenvalue weighted by Crippen LogP contribution is 2.11. The van der Waals surface area contributed by atoms with E-state index in [0.717, 1.165) is 71.2 Å². The Kier molecular flexibility index (Phi) is 9.14. The minimum atomic E-state index is -0.198.